The van der Waals surface area contributed by atoms with E-state index in [1.807, 2.05) is 19.1 Å². The van der Waals surface area contributed by atoms with Crippen molar-refractivity contribution in [2.24, 2.45) is 0 Å². The fourth-order valence-corrected chi connectivity index (χ4v) is 1.86. The first kappa shape index (κ1) is 13.6. The van der Waals surface area contributed by atoms with Gasteiger partial charge in [0.1, 0.15) is 17.2 Å². The molecule has 0 heterocycles. The number of hydrogen-bond donors (Lipinski definition) is 1. The lowest BCUT2D eigenvalue weighted by atomic mass is 9.96. The van der Waals surface area contributed by atoms with Crippen molar-refractivity contribution in [3.05, 3.63) is 17.7 Å². The van der Waals surface area contributed by atoms with Crippen molar-refractivity contribution in [2.45, 2.75) is 19.3 Å². The lowest BCUT2D eigenvalue weighted by Gasteiger charge is -2.19. The molecule has 0 radical (unpaired) electrons. The average Bonchev–Trinajstić information content (AvgIpc) is 2.37. The third-order valence-corrected chi connectivity index (χ3v) is 2.81. The predicted octanol–water partition coefficient (Wildman–Crippen LogP) is 2.20. The maximum atomic E-state index is 9.02. The van der Waals surface area contributed by atoms with Crippen LogP contribution in [0.3, 0.4) is 0 Å². The summed E-state index contributed by atoms with van der Waals surface area (Å²) in [5.74, 6) is 2.30. The Hall–Kier alpha value is -1.42. The monoisotopic (exact) mass is 240 g/mol. The summed E-state index contributed by atoms with van der Waals surface area (Å²) < 4.78 is 15.9. The number of hydrogen-bond acceptors (Lipinski definition) is 4. The maximum absolute atomic E-state index is 9.02. The van der Waals surface area contributed by atoms with E-state index in [0.29, 0.717) is 12.2 Å². The van der Waals surface area contributed by atoms with E-state index in [9.17, 15) is 0 Å². The zero-order valence-corrected chi connectivity index (χ0v) is 10.8. The van der Waals surface area contributed by atoms with Crippen LogP contribution >= 0.6 is 0 Å². The molecule has 1 rings (SSSR count). The van der Waals surface area contributed by atoms with E-state index in [0.717, 1.165) is 17.1 Å². The lowest BCUT2D eigenvalue weighted by molar-refractivity contribution is 0.275. The molecular formula is C13H20O4. The molecule has 1 aromatic rings. The van der Waals surface area contributed by atoms with Crippen LogP contribution in [0, 0.1) is 0 Å². The minimum Gasteiger partial charge on any atom is -0.496 e. The summed E-state index contributed by atoms with van der Waals surface area (Å²) in [5.41, 5.74) is 0.963. The molecule has 0 fully saturated rings. The first-order chi connectivity index (χ1) is 8.17. The van der Waals surface area contributed by atoms with E-state index in [4.69, 9.17) is 19.3 Å². The molecule has 1 aromatic carbocycles. The Morgan fingerprint density at radius 3 is 1.94 bits per heavy atom. The molecule has 0 aliphatic carbocycles. The third kappa shape index (κ3) is 3.03. The Morgan fingerprint density at radius 1 is 1.06 bits per heavy atom. The van der Waals surface area contributed by atoms with Crippen molar-refractivity contribution in [1.82, 2.24) is 0 Å². The van der Waals surface area contributed by atoms with Gasteiger partial charge in [-0.1, -0.05) is 6.92 Å². The van der Waals surface area contributed by atoms with Crippen LogP contribution in [0.4, 0.5) is 0 Å². The van der Waals surface area contributed by atoms with Crippen molar-refractivity contribution in [3.63, 3.8) is 0 Å². The van der Waals surface area contributed by atoms with Gasteiger partial charge in [-0.2, -0.15) is 0 Å². The molecule has 0 bridgehead atoms. The smallest absolute Gasteiger partial charge is 0.129 e. The predicted molar refractivity (Wildman–Crippen MR) is 66.2 cm³/mol. The molecule has 0 spiro atoms. The first-order valence-electron chi connectivity index (χ1n) is 5.58. The summed E-state index contributed by atoms with van der Waals surface area (Å²) in [6, 6.07) is 3.65. The quantitative estimate of drug-likeness (QED) is 0.828. The molecule has 1 N–H and O–H groups in total. The van der Waals surface area contributed by atoms with Crippen LogP contribution in [-0.2, 0) is 0 Å². The fourth-order valence-electron chi connectivity index (χ4n) is 1.86. The summed E-state index contributed by atoms with van der Waals surface area (Å²) in [4.78, 5) is 0. The molecule has 0 aliphatic rings. The minimum absolute atomic E-state index is 0.138. The van der Waals surface area contributed by atoms with E-state index >= 15 is 0 Å². The summed E-state index contributed by atoms with van der Waals surface area (Å²) in [6.45, 7) is 2.17. The minimum atomic E-state index is 0.138. The lowest BCUT2D eigenvalue weighted by Crippen LogP contribution is -2.03. The van der Waals surface area contributed by atoms with Crippen LogP contribution in [0.1, 0.15) is 24.8 Å². The topological polar surface area (TPSA) is 47.9 Å². The molecule has 4 heteroatoms. The van der Waals surface area contributed by atoms with Gasteiger partial charge in [-0.25, -0.2) is 0 Å². The molecule has 17 heavy (non-hydrogen) atoms. The van der Waals surface area contributed by atoms with E-state index in [1.54, 1.807) is 21.3 Å². The van der Waals surface area contributed by atoms with Gasteiger partial charge in [0.2, 0.25) is 0 Å². The summed E-state index contributed by atoms with van der Waals surface area (Å²) >= 11 is 0. The van der Waals surface area contributed by atoms with Gasteiger partial charge in [0.15, 0.2) is 0 Å². The molecule has 1 unspecified atom stereocenters. The molecule has 0 aromatic heterocycles. The number of rotatable bonds is 6. The third-order valence-electron chi connectivity index (χ3n) is 2.81. The average molecular weight is 240 g/mol. The second-order valence-corrected chi connectivity index (χ2v) is 3.86. The van der Waals surface area contributed by atoms with Crippen molar-refractivity contribution < 1.29 is 19.3 Å². The Labute approximate surface area is 102 Å². The van der Waals surface area contributed by atoms with Gasteiger partial charge in [-0.15, -0.1) is 0 Å². The number of aliphatic hydroxyl groups excluding tert-OH is 1. The second-order valence-electron chi connectivity index (χ2n) is 3.86. The normalized spacial score (nSPS) is 12.1. The standard InChI is InChI=1S/C13H20O4/c1-9(5-6-14)13-11(16-3)7-10(15-2)8-12(13)17-4/h7-9,14H,5-6H2,1-4H3. The number of benzene rings is 1. The van der Waals surface area contributed by atoms with Gasteiger partial charge in [0, 0.05) is 24.3 Å². The summed E-state index contributed by atoms with van der Waals surface area (Å²) in [6.07, 6.45) is 0.666. The maximum Gasteiger partial charge on any atom is 0.129 e. The molecule has 0 aliphatic heterocycles. The van der Waals surface area contributed by atoms with Gasteiger partial charge in [0.25, 0.3) is 0 Å². The van der Waals surface area contributed by atoms with Crippen LogP contribution < -0.4 is 14.2 Å². The Kier molecular flexibility index (Phi) is 5.10. The van der Waals surface area contributed by atoms with Crippen LogP contribution in [0.15, 0.2) is 12.1 Å². The molecule has 0 saturated heterocycles. The van der Waals surface area contributed by atoms with Gasteiger partial charge in [-0.3, -0.25) is 0 Å². The Bertz CT molecular complexity index is 337. The van der Waals surface area contributed by atoms with Crippen LogP contribution in [0.5, 0.6) is 17.2 Å². The summed E-state index contributed by atoms with van der Waals surface area (Å²) in [5, 5.41) is 9.02. The Morgan fingerprint density at radius 2 is 1.59 bits per heavy atom. The first-order valence-corrected chi connectivity index (χ1v) is 5.58. The largest absolute Gasteiger partial charge is 0.496 e. The van der Waals surface area contributed by atoms with Crippen molar-refractivity contribution in [3.8, 4) is 17.2 Å². The second kappa shape index (κ2) is 6.35. The van der Waals surface area contributed by atoms with Gasteiger partial charge in [-0.05, 0) is 12.3 Å². The van der Waals surface area contributed by atoms with Crippen LogP contribution in [0.2, 0.25) is 0 Å². The van der Waals surface area contributed by atoms with Crippen molar-refractivity contribution in [1.29, 1.82) is 0 Å². The molecule has 4 nitrogen and oxygen atoms in total. The fraction of sp³-hybridized carbons (Fsp3) is 0.538. The molecule has 0 amide bonds. The van der Waals surface area contributed by atoms with E-state index in [2.05, 4.69) is 0 Å². The molecular weight excluding hydrogens is 220 g/mol. The van der Waals surface area contributed by atoms with E-state index in [-0.39, 0.29) is 12.5 Å². The number of methoxy groups -OCH3 is 3. The van der Waals surface area contributed by atoms with Gasteiger partial charge >= 0.3 is 0 Å². The number of aliphatic hydroxyl groups is 1. The number of ether oxygens (including phenoxy) is 3. The Balaban J connectivity index is 3.23. The van der Waals surface area contributed by atoms with E-state index in [1.165, 1.54) is 0 Å². The molecule has 1 atom stereocenters. The van der Waals surface area contributed by atoms with Crippen molar-refractivity contribution >= 4 is 0 Å². The summed E-state index contributed by atoms with van der Waals surface area (Å²) in [7, 11) is 4.83. The zero-order chi connectivity index (χ0) is 12.8. The van der Waals surface area contributed by atoms with Crippen LogP contribution in [-0.4, -0.2) is 33.0 Å². The highest BCUT2D eigenvalue weighted by molar-refractivity contribution is 5.52. The molecule has 96 valence electrons. The van der Waals surface area contributed by atoms with Gasteiger partial charge in [0.05, 0.1) is 21.3 Å². The highest BCUT2D eigenvalue weighted by Gasteiger charge is 2.18. The van der Waals surface area contributed by atoms with Crippen LogP contribution in [0.25, 0.3) is 0 Å². The highest BCUT2D eigenvalue weighted by atomic mass is 16.5. The SMILES string of the molecule is COc1cc(OC)c(C(C)CCO)c(OC)c1. The van der Waals surface area contributed by atoms with E-state index < -0.39 is 0 Å². The van der Waals surface area contributed by atoms with Gasteiger partial charge < -0.3 is 19.3 Å². The highest BCUT2D eigenvalue weighted by Crippen LogP contribution is 2.39. The zero-order valence-electron chi connectivity index (χ0n) is 10.8. The molecule has 0 saturated carbocycles. The van der Waals surface area contributed by atoms with Crippen molar-refractivity contribution in [2.75, 3.05) is 27.9 Å².